The quantitative estimate of drug-likeness (QED) is 0.534. The van der Waals surface area contributed by atoms with Crippen molar-refractivity contribution in [2.45, 2.75) is 50.7 Å². The summed E-state index contributed by atoms with van der Waals surface area (Å²) in [5, 5.41) is 10.1. The number of rotatable bonds is 7. The molecule has 5 heteroatoms. The van der Waals surface area contributed by atoms with E-state index in [1.807, 2.05) is 0 Å². The number of ether oxygens (including phenoxy) is 1. The standard InChI is InChI=1S/C12H23NO3S/c1-2-16-11(14)10(13)5-8-17-9-12(15)6-3-4-7-12/h10,15H,2-9,13H2,1H3. The van der Waals surface area contributed by atoms with Crippen molar-refractivity contribution in [1.29, 1.82) is 0 Å². The molecule has 1 saturated carbocycles. The van der Waals surface area contributed by atoms with Gasteiger partial charge >= 0.3 is 5.97 Å². The molecule has 17 heavy (non-hydrogen) atoms. The SMILES string of the molecule is CCOC(=O)C(N)CCSCC1(O)CCCC1. The Balaban J connectivity index is 2.09. The maximum Gasteiger partial charge on any atom is 0.322 e. The average Bonchev–Trinajstić information content (AvgIpc) is 2.72. The molecule has 0 radical (unpaired) electrons. The van der Waals surface area contributed by atoms with Crippen molar-refractivity contribution in [3.63, 3.8) is 0 Å². The molecule has 3 N–H and O–H groups in total. The first-order valence-corrected chi connectivity index (χ1v) is 7.45. The maximum atomic E-state index is 11.3. The predicted molar refractivity (Wildman–Crippen MR) is 70.0 cm³/mol. The van der Waals surface area contributed by atoms with Crippen LogP contribution in [0.5, 0.6) is 0 Å². The number of hydrogen-bond acceptors (Lipinski definition) is 5. The highest BCUT2D eigenvalue weighted by molar-refractivity contribution is 7.99. The van der Waals surface area contributed by atoms with E-state index in [0.29, 0.717) is 13.0 Å². The summed E-state index contributed by atoms with van der Waals surface area (Å²) < 4.78 is 4.83. The zero-order chi connectivity index (χ0) is 12.7. The third-order valence-corrected chi connectivity index (χ3v) is 4.33. The molecule has 1 rings (SSSR count). The number of esters is 1. The molecule has 0 amide bonds. The monoisotopic (exact) mass is 261 g/mol. The molecule has 0 aromatic heterocycles. The van der Waals surface area contributed by atoms with Crippen molar-refractivity contribution in [1.82, 2.24) is 0 Å². The van der Waals surface area contributed by atoms with Gasteiger partial charge in [0.25, 0.3) is 0 Å². The van der Waals surface area contributed by atoms with Crippen LogP contribution in [0.15, 0.2) is 0 Å². The summed E-state index contributed by atoms with van der Waals surface area (Å²) in [6.45, 7) is 2.15. The van der Waals surface area contributed by atoms with Gasteiger partial charge in [-0.05, 0) is 31.9 Å². The van der Waals surface area contributed by atoms with E-state index in [-0.39, 0.29) is 5.97 Å². The van der Waals surface area contributed by atoms with Crippen LogP contribution in [0.2, 0.25) is 0 Å². The first-order chi connectivity index (χ1) is 8.07. The van der Waals surface area contributed by atoms with Gasteiger partial charge in [0.1, 0.15) is 6.04 Å². The minimum atomic E-state index is -0.527. The maximum absolute atomic E-state index is 11.3. The Morgan fingerprint density at radius 1 is 1.53 bits per heavy atom. The summed E-state index contributed by atoms with van der Waals surface area (Å²) in [4.78, 5) is 11.3. The molecule has 1 unspecified atom stereocenters. The predicted octanol–water partition coefficient (Wildman–Crippen LogP) is 1.31. The zero-order valence-electron chi connectivity index (χ0n) is 10.5. The second-order valence-corrected chi connectivity index (χ2v) is 5.74. The van der Waals surface area contributed by atoms with Crippen LogP contribution in [0.3, 0.4) is 0 Å². The Kier molecular flexibility index (Phi) is 6.30. The molecule has 100 valence electrons. The van der Waals surface area contributed by atoms with Crippen LogP contribution in [-0.2, 0) is 9.53 Å². The highest BCUT2D eigenvalue weighted by atomic mass is 32.2. The van der Waals surface area contributed by atoms with Gasteiger partial charge in [0, 0.05) is 5.75 Å². The Labute approximate surface area is 107 Å². The molecule has 0 heterocycles. The highest BCUT2D eigenvalue weighted by Gasteiger charge is 2.30. The summed E-state index contributed by atoms with van der Waals surface area (Å²) in [6.07, 6.45) is 4.67. The van der Waals surface area contributed by atoms with Crippen LogP contribution in [0, 0.1) is 0 Å². The molecule has 1 atom stereocenters. The third kappa shape index (κ3) is 5.27. The fourth-order valence-corrected chi connectivity index (χ4v) is 3.25. The van der Waals surface area contributed by atoms with Gasteiger partial charge in [0.15, 0.2) is 0 Å². The largest absolute Gasteiger partial charge is 0.465 e. The van der Waals surface area contributed by atoms with Crippen molar-refractivity contribution < 1.29 is 14.6 Å². The van der Waals surface area contributed by atoms with E-state index in [1.165, 1.54) is 0 Å². The summed E-state index contributed by atoms with van der Waals surface area (Å²) >= 11 is 1.68. The summed E-state index contributed by atoms with van der Waals surface area (Å²) in [5.74, 6) is 1.22. The van der Waals surface area contributed by atoms with E-state index in [1.54, 1.807) is 18.7 Å². The number of aliphatic hydroxyl groups is 1. The fraction of sp³-hybridized carbons (Fsp3) is 0.917. The van der Waals surface area contributed by atoms with Crippen LogP contribution in [0.25, 0.3) is 0 Å². The molecular formula is C12H23NO3S. The van der Waals surface area contributed by atoms with Gasteiger partial charge in [0.05, 0.1) is 12.2 Å². The van der Waals surface area contributed by atoms with Crippen molar-refractivity contribution in [2.75, 3.05) is 18.1 Å². The first kappa shape index (κ1) is 14.8. The minimum absolute atomic E-state index is 0.326. The van der Waals surface area contributed by atoms with E-state index >= 15 is 0 Å². The normalized spacial score (nSPS) is 20.2. The number of carbonyl (C=O) groups excluding carboxylic acids is 1. The lowest BCUT2D eigenvalue weighted by molar-refractivity contribution is -0.144. The molecule has 1 aliphatic rings. The van der Waals surface area contributed by atoms with E-state index < -0.39 is 11.6 Å². The van der Waals surface area contributed by atoms with E-state index in [4.69, 9.17) is 10.5 Å². The van der Waals surface area contributed by atoms with Crippen LogP contribution in [0.1, 0.15) is 39.0 Å². The zero-order valence-corrected chi connectivity index (χ0v) is 11.3. The van der Waals surface area contributed by atoms with E-state index in [9.17, 15) is 9.90 Å². The van der Waals surface area contributed by atoms with Crippen molar-refractivity contribution in [2.24, 2.45) is 5.73 Å². The third-order valence-electron chi connectivity index (χ3n) is 3.07. The van der Waals surface area contributed by atoms with Crippen LogP contribution >= 0.6 is 11.8 Å². The van der Waals surface area contributed by atoms with Gasteiger partial charge in [-0.15, -0.1) is 0 Å². The topological polar surface area (TPSA) is 72.5 Å². The Morgan fingerprint density at radius 2 is 2.18 bits per heavy atom. The van der Waals surface area contributed by atoms with Gasteiger partial charge in [-0.25, -0.2) is 0 Å². The van der Waals surface area contributed by atoms with Crippen LogP contribution < -0.4 is 5.73 Å². The van der Waals surface area contributed by atoms with Gasteiger partial charge < -0.3 is 15.6 Å². The van der Waals surface area contributed by atoms with Crippen LogP contribution in [0.4, 0.5) is 0 Å². The Hall–Kier alpha value is -0.260. The number of nitrogens with two attached hydrogens (primary N) is 1. The van der Waals surface area contributed by atoms with Crippen molar-refractivity contribution in [3.05, 3.63) is 0 Å². The van der Waals surface area contributed by atoms with Crippen LogP contribution in [-0.4, -0.2) is 40.8 Å². The first-order valence-electron chi connectivity index (χ1n) is 6.30. The number of thioether (sulfide) groups is 1. The second kappa shape index (κ2) is 7.24. The Bertz CT molecular complexity index is 242. The average molecular weight is 261 g/mol. The molecule has 4 nitrogen and oxygen atoms in total. The van der Waals surface area contributed by atoms with Crippen molar-refractivity contribution in [3.8, 4) is 0 Å². The van der Waals surface area contributed by atoms with Gasteiger partial charge in [0.2, 0.25) is 0 Å². The molecule has 0 saturated heterocycles. The number of carbonyl (C=O) groups is 1. The highest BCUT2D eigenvalue weighted by Crippen LogP contribution is 2.32. The molecular weight excluding hydrogens is 238 g/mol. The smallest absolute Gasteiger partial charge is 0.322 e. The van der Waals surface area contributed by atoms with Gasteiger partial charge in [-0.1, -0.05) is 12.8 Å². The molecule has 0 bridgehead atoms. The number of hydrogen-bond donors (Lipinski definition) is 2. The molecule has 0 aromatic rings. The van der Waals surface area contributed by atoms with E-state index in [0.717, 1.165) is 37.2 Å². The van der Waals surface area contributed by atoms with Gasteiger partial charge in [-0.3, -0.25) is 4.79 Å². The molecule has 1 aliphatic carbocycles. The molecule has 0 aliphatic heterocycles. The lowest BCUT2D eigenvalue weighted by atomic mass is 10.1. The molecule has 0 aromatic carbocycles. The Morgan fingerprint density at radius 3 is 2.76 bits per heavy atom. The second-order valence-electron chi connectivity index (χ2n) is 4.63. The fourth-order valence-electron chi connectivity index (χ4n) is 2.02. The summed E-state index contributed by atoms with van der Waals surface area (Å²) in [5.41, 5.74) is 5.21. The molecule has 0 spiro atoms. The summed E-state index contributed by atoms with van der Waals surface area (Å²) in [6, 6.07) is -0.527. The van der Waals surface area contributed by atoms with Gasteiger partial charge in [-0.2, -0.15) is 11.8 Å². The van der Waals surface area contributed by atoms with Crippen molar-refractivity contribution >= 4 is 17.7 Å². The molecule has 1 fully saturated rings. The lowest BCUT2D eigenvalue weighted by Crippen LogP contribution is -2.33. The minimum Gasteiger partial charge on any atom is -0.465 e. The lowest BCUT2D eigenvalue weighted by Gasteiger charge is -2.21. The summed E-state index contributed by atoms with van der Waals surface area (Å²) in [7, 11) is 0. The van der Waals surface area contributed by atoms with E-state index in [2.05, 4.69) is 0 Å².